The molecule has 0 saturated carbocycles. The maximum Gasteiger partial charge on any atom is 0.124 e. The Labute approximate surface area is 114 Å². The zero-order valence-electron chi connectivity index (χ0n) is 11.2. The van der Waals surface area contributed by atoms with E-state index in [1.165, 1.54) is 0 Å². The lowest BCUT2D eigenvalue weighted by Crippen LogP contribution is -2.21. The van der Waals surface area contributed by atoms with Crippen LogP contribution in [0, 0.1) is 0 Å². The topological polar surface area (TPSA) is 41.5 Å². The van der Waals surface area contributed by atoms with Crippen LogP contribution in [0.2, 0.25) is 5.02 Å². The first-order valence-corrected chi connectivity index (χ1v) is 6.76. The molecular weight excluding hydrogens is 250 g/mol. The molecule has 18 heavy (non-hydrogen) atoms. The standard InChI is InChI=1S/C14H22ClNO2/c1-4-7-16-11(3)13-8-12(15)5-6-14(13)18-9-10(2)17/h5-6,8,10-11,16-17H,4,7,9H2,1-3H3. The van der Waals surface area contributed by atoms with E-state index in [1.54, 1.807) is 13.0 Å². The summed E-state index contributed by atoms with van der Waals surface area (Å²) in [7, 11) is 0. The van der Waals surface area contributed by atoms with Crippen LogP contribution < -0.4 is 10.1 Å². The van der Waals surface area contributed by atoms with Gasteiger partial charge in [0.25, 0.3) is 0 Å². The van der Waals surface area contributed by atoms with Crippen LogP contribution in [0.15, 0.2) is 18.2 Å². The summed E-state index contributed by atoms with van der Waals surface area (Å²) in [5.74, 6) is 0.774. The highest BCUT2D eigenvalue weighted by molar-refractivity contribution is 6.30. The van der Waals surface area contributed by atoms with E-state index < -0.39 is 6.10 Å². The van der Waals surface area contributed by atoms with Crippen LogP contribution in [0.25, 0.3) is 0 Å². The van der Waals surface area contributed by atoms with Crippen molar-refractivity contribution in [1.82, 2.24) is 5.32 Å². The van der Waals surface area contributed by atoms with Crippen LogP contribution in [0.5, 0.6) is 5.75 Å². The zero-order valence-corrected chi connectivity index (χ0v) is 12.0. The molecule has 0 aliphatic heterocycles. The fraction of sp³-hybridized carbons (Fsp3) is 0.571. The van der Waals surface area contributed by atoms with Crippen LogP contribution in [0.1, 0.15) is 38.8 Å². The fourth-order valence-corrected chi connectivity index (χ4v) is 1.85. The predicted molar refractivity (Wildman–Crippen MR) is 75.3 cm³/mol. The normalized spacial score (nSPS) is 14.3. The van der Waals surface area contributed by atoms with Gasteiger partial charge in [-0.15, -0.1) is 0 Å². The number of hydrogen-bond donors (Lipinski definition) is 2. The number of aliphatic hydroxyl groups excluding tert-OH is 1. The van der Waals surface area contributed by atoms with E-state index in [2.05, 4.69) is 19.2 Å². The van der Waals surface area contributed by atoms with Gasteiger partial charge in [0.15, 0.2) is 0 Å². The summed E-state index contributed by atoms with van der Waals surface area (Å²) in [5.41, 5.74) is 1.02. The molecule has 2 atom stereocenters. The Bertz CT molecular complexity index is 369. The number of benzene rings is 1. The Morgan fingerprint density at radius 3 is 2.72 bits per heavy atom. The summed E-state index contributed by atoms with van der Waals surface area (Å²) in [4.78, 5) is 0. The Kier molecular flexibility index (Phi) is 6.47. The Balaban J connectivity index is 2.81. The number of aliphatic hydroxyl groups is 1. The van der Waals surface area contributed by atoms with Gasteiger partial charge >= 0.3 is 0 Å². The van der Waals surface area contributed by atoms with E-state index in [1.807, 2.05) is 12.1 Å². The van der Waals surface area contributed by atoms with Gasteiger partial charge in [0, 0.05) is 16.6 Å². The highest BCUT2D eigenvalue weighted by Crippen LogP contribution is 2.28. The maximum absolute atomic E-state index is 9.27. The third-order valence-corrected chi connectivity index (χ3v) is 2.85. The molecule has 0 radical (unpaired) electrons. The third-order valence-electron chi connectivity index (χ3n) is 2.62. The number of rotatable bonds is 7. The molecule has 0 amide bonds. The second-order valence-electron chi connectivity index (χ2n) is 4.52. The number of ether oxygens (including phenoxy) is 1. The highest BCUT2D eigenvalue weighted by Gasteiger charge is 2.12. The molecule has 0 saturated heterocycles. The summed E-state index contributed by atoms with van der Waals surface area (Å²) in [5, 5.41) is 13.4. The molecule has 1 rings (SSSR count). The Morgan fingerprint density at radius 2 is 2.11 bits per heavy atom. The van der Waals surface area contributed by atoms with Crippen LogP contribution in [0.3, 0.4) is 0 Å². The van der Waals surface area contributed by atoms with Crippen molar-refractivity contribution in [2.45, 2.75) is 39.3 Å². The van der Waals surface area contributed by atoms with Crippen molar-refractivity contribution in [3.8, 4) is 5.75 Å². The molecule has 4 heteroatoms. The first kappa shape index (κ1) is 15.3. The van der Waals surface area contributed by atoms with Gasteiger partial charge in [0.05, 0.1) is 6.10 Å². The minimum Gasteiger partial charge on any atom is -0.491 e. The number of hydrogen-bond acceptors (Lipinski definition) is 3. The molecule has 0 fully saturated rings. The molecule has 0 aromatic heterocycles. The molecule has 1 aromatic carbocycles. The van der Waals surface area contributed by atoms with Crippen molar-refractivity contribution >= 4 is 11.6 Å². The number of halogens is 1. The molecule has 2 N–H and O–H groups in total. The Hall–Kier alpha value is -0.770. The summed E-state index contributed by atoms with van der Waals surface area (Å²) in [6.07, 6.45) is 0.599. The quantitative estimate of drug-likeness (QED) is 0.800. The zero-order chi connectivity index (χ0) is 13.5. The van der Waals surface area contributed by atoms with Gasteiger partial charge in [-0.2, -0.15) is 0 Å². The van der Waals surface area contributed by atoms with E-state index in [0.29, 0.717) is 5.02 Å². The predicted octanol–water partition coefficient (Wildman–Crippen LogP) is 3.16. The van der Waals surface area contributed by atoms with Crippen LogP contribution in [-0.4, -0.2) is 24.4 Å². The van der Waals surface area contributed by atoms with Crippen molar-refractivity contribution in [1.29, 1.82) is 0 Å². The third kappa shape index (κ3) is 4.84. The minimum absolute atomic E-state index is 0.174. The van der Waals surface area contributed by atoms with Gasteiger partial charge in [-0.1, -0.05) is 18.5 Å². The van der Waals surface area contributed by atoms with Crippen molar-refractivity contribution in [2.24, 2.45) is 0 Å². The molecule has 0 bridgehead atoms. The molecule has 2 unspecified atom stereocenters. The average molecular weight is 272 g/mol. The number of nitrogens with one attached hydrogen (secondary N) is 1. The SMILES string of the molecule is CCCNC(C)c1cc(Cl)ccc1OCC(C)O. The lowest BCUT2D eigenvalue weighted by molar-refractivity contribution is 0.122. The lowest BCUT2D eigenvalue weighted by Gasteiger charge is -2.19. The van der Waals surface area contributed by atoms with Crippen LogP contribution in [-0.2, 0) is 0 Å². The summed E-state index contributed by atoms with van der Waals surface area (Å²) >= 11 is 6.02. The van der Waals surface area contributed by atoms with Gasteiger partial charge < -0.3 is 15.2 Å². The fourth-order valence-electron chi connectivity index (χ4n) is 1.67. The summed E-state index contributed by atoms with van der Waals surface area (Å²) < 4.78 is 5.61. The second kappa shape index (κ2) is 7.62. The molecule has 102 valence electrons. The van der Waals surface area contributed by atoms with Crippen molar-refractivity contribution < 1.29 is 9.84 Å². The second-order valence-corrected chi connectivity index (χ2v) is 4.95. The van der Waals surface area contributed by atoms with Gasteiger partial charge in [-0.05, 0) is 45.0 Å². The van der Waals surface area contributed by atoms with Gasteiger partial charge in [-0.3, -0.25) is 0 Å². The minimum atomic E-state index is -0.479. The van der Waals surface area contributed by atoms with Crippen molar-refractivity contribution in [2.75, 3.05) is 13.2 Å². The van der Waals surface area contributed by atoms with Gasteiger partial charge in [-0.25, -0.2) is 0 Å². The van der Waals surface area contributed by atoms with E-state index in [4.69, 9.17) is 16.3 Å². The first-order valence-electron chi connectivity index (χ1n) is 6.38. The van der Waals surface area contributed by atoms with Crippen molar-refractivity contribution in [3.05, 3.63) is 28.8 Å². The summed E-state index contributed by atoms with van der Waals surface area (Å²) in [6, 6.07) is 5.73. The Morgan fingerprint density at radius 1 is 1.39 bits per heavy atom. The molecule has 0 heterocycles. The molecule has 0 spiro atoms. The average Bonchev–Trinajstić information content (AvgIpc) is 2.34. The smallest absolute Gasteiger partial charge is 0.124 e. The first-order chi connectivity index (χ1) is 8.54. The van der Waals surface area contributed by atoms with Crippen LogP contribution in [0.4, 0.5) is 0 Å². The van der Waals surface area contributed by atoms with E-state index >= 15 is 0 Å². The van der Waals surface area contributed by atoms with Gasteiger partial charge in [0.1, 0.15) is 12.4 Å². The molecule has 0 aliphatic carbocycles. The molecule has 1 aromatic rings. The van der Waals surface area contributed by atoms with E-state index in [0.717, 1.165) is 24.3 Å². The summed E-state index contributed by atoms with van der Waals surface area (Å²) in [6.45, 7) is 7.14. The monoisotopic (exact) mass is 271 g/mol. The molecule has 3 nitrogen and oxygen atoms in total. The molecular formula is C14H22ClNO2. The van der Waals surface area contributed by atoms with Crippen LogP contribution >= 0.6 is 11.6 Å². The molecule has 0 aliphatic rings. The van der Waals surface area contributed by atoms with Gasteiger partial charge in [0.2, 0.25) is 0 Å². The highest BCUT2D eigenvalue weighted by atomic mass is 35.5. The largest absolute Gasteiger partial charge is 0.491 e. The van der Waals surface area contributed by atoms with E-state index in [9.17, 15) is 5.11 Å². The lowest BCUT2D eigenvalue weighted by atomic mass is 10.1. The van der Waals surface area contributed by atoms with Crippen molar-refractivity contribution in [3.63, 3.8) is 0 Å². The maximum atomic E-state index is 9.27. The van der Waals surface area contributed by atoms with E-state index in [-0.39, 0.29) is 12.6 Å².